The quantitative estimate of drug-likeness (QED) is 0.726. The van der Waals surface area contributed by atoms with Gasteiger partial charge in [0.15, 0.2) is 0 Å². The van der Waals surface area contributed by atoms with Gasteiger partial charge in [-0.2, -0.15) is 0 Å². The molecule has 0 radical (unpaired) electrons. The lowest BCUT2D eigenvalue weighted by atomic mass is 9.85. The van der Waals surface area contributed by atoms with Gasteiger partial charge in [0.25, 0.3) is 0 Å². The average Bonchev–Trinajstić information content (AvgIpc) is 2.06. The zero-order chi connectivity index (χ0) is 11.6. The van der Waals surface area contributed by atoms with Crippen molar-refractivity contribution in [2.75, 3.05) is 0 Å². The fourth-order valence-electron chi connectivity index (χ4n) is 1.52. The first-order valence-corrected chi connectivity index (χ1v) is 5.27. The van der Waals surface area contributed by atoms with Crippen LogP contribution in [-0.4, -0.2) is 5.11 Å². The Labute approximate surface area is 92.5 Å². The SMILES string of the molecule is C=C(C)Cc1cc(C(C)(C)C)ccc1O. The van der Waals surface area contributed by atoms with Gasteiger partial charge >= 0.3 is 0 Å². The predicted octanol–water partition coefficient (Wildman–Crippen LogP) is 3.81. The first-order valence-electron chi connectivity index (χ1n) is 5.27. The van der Waals surface area contributed by atoms with Gasteiger partial charge in [0, 0.05) is 0 Å². The molecular weight excluding hydrogens is 184 g/mol. The highest BCUT2D eigenvalue weighted by Gasteiger charge is 2.15. The van der Waals surface area contributed by atoms with Gasteiger partial charge in [0.1, 0.15) is 5.75 Å². The number of hydrogen-bond donors (Lipinski definition) is 1. The van der Waals surface area contributed by atoms with Crippen LogP contribution >= 0.6 is 0 Å². The summed E-state index contributed by atoms with van der Waals surface area (Å²) in [5, 5.41) is 9.71. The van der Waals surface area contributed by atoms with E-state index in [1.807, 2.05) is 13.0 Å². The molecule has 1 aromatic carbocycles. The molecule has 0 aromatic heterocycles. The van der Waals surface area contributed by atoms with Crippen molar-refractivity contribution in [3.05, 3.63) is 41.5 Å². The summed E-state index contributed by atoms with van der Waals surface area (Å²) in [5.41, 5.74) is 3.40. The number of allylic oxidation sites excluding steroid dienone is 1. The van der Waals surface area contributed by atoms with Crippen LogP contribution in [0.4, 0.5) is 0 Å². The molecule has 0 aliphatic rings. The van der Waals surface area contributed by atoms with E-state index in [4.69, 9.17) is 0 Å². The van der Waals surface area contributed by atoms with E-state index in [2.05, 4.69) is 33.4 Å². The molecule has 0 spiro atoms. The van der Waals surface area contributed by atoms with Crippen molar-refractivity contribution in [3.8, 4) is 5.75 Å². The number of aromatic hydroxyl groups is 1. The molecule has 0 unspecified atom stereocenters. The summed E-state index contributed by atoms with van der Waals surface area (Å²) in [4.78, 5) is 0. The summed E-state index contributed by atoms with van der Waals surface area (Å²) in [6, 6.07) is 5.83. The molecule has 0 saturated carbocycles. The summed E-state index contributed by atoms with van der Waals surface area (Å²) in [6.45, 7) is 12.4. The van der Waals surface area contributed by atoms with Crippen molar-refractivity contribution in [2.24, 2.45) is 0 Å². The molecule has 1 aromatic rings. The standard InChI is InChI=1S/C14H20O/c1-10(2)8-11-9-12(14(3,4)5)6-7-13(11)15/h6-7,9,15H,1,8H2,2-5H3. The third-order valence-electron chi connectivity index (χ3n) is 2.44. The molecule has 0 saturated heterocycles. The Morgan fingerprint density at radius 3 is 2.40 bits per heavy atom. The van der Waals surface area contributed by atoms with Crippen LogP contribution in [0, 0.1) is 0 Å². The smallest absolute Gasteiger partial charge is 0.119 e. The molecule has 1 nitrogen and oxygen atoms in total. The van der Waals surface area contributed by atoms with Crippen molar-refractivity contribution in [1.82, 2.24) is 0 Å². The number of phenolic OH excluding ortho intramolecular Hbond substituents is 1. The van der Waals surface area contributed by atoms with E-state index in [1.54, 1.807) is 6.07 Å². The summed E-state index contributed by atoms with van der Waals surface area (Å²) >= 11 is 0. The van der Waals surface area contributed by atoms with Crippen LogP contribution in [-0.2, 0) is 11.8 Å². The molecule has 1 N–H and O–H groups in total. The monoisotopic (exact) mass is 204 g/mol. The Kier molecular flexibility index (Phi) is 3.23. The summed E-state index contributed by atoms with van der Waals surface area (Å²) in [6.07, 6.45) is 0.746. The van der Waals surface area contributed by atoms with Crippen LogP contribution in [0.25, 0.3) is 0 Å². The van der Waals surface area contributed by atoms with E-state index in [0.717, 1.165) is 17.6 Å². The molecule has 1 rings (SSSR count). The number of hydrogen-bond acceptors (Lipinski definition) is 1. The van der Waals surface area contributed by atoms with E-state index in [-0.39, 0.29) is 5.41 Å². The Bertz CT molecular complexity index is 369. The molecule has 82 valence electrons. The molecular formula is C14H20O. The lowest BCUT2D eigenvalue weighted by Crippen LogP contribution is -2.11. The first-order chi connectivity index (χ1) is 6.80. The zero-order valence-electron chi connectivity index (χ0n) is 10.1. The van der Waals surface area contributed by atoms with Crippen molar-refractivity contribution in [3.63, 3.8) is 0 Å². The van der Waals surface area contributed by atoms with Gasteiger partial charge in [0.05, 0.1) is 0 Å². The molecule has 0 atom stereocenters. The van der Waals surface area contributed by atoms with Gasteiger partial charge in [-0.15, -0.1) is 0 Å². The van der Waals surface area contributed by atoms with E-state index in [1.165, 1.54) is 5.56 Å². The van der Waals surface area contributed by atoms with Crippen LogP contribution in [0.1, 0.15) is 38.8 Å². The van der Waals surface area contributed by atoms with E-state index >= 15 is 0 Å². The third-order valence-corrected chi connectivity index (χ3v) is 2.44. The summed E-state index contributed by atoms with van der Waals surface area (Å²) < 4.78 is 0. The van der Waals surface area contributed by atoms with Crippen LogP contribution in [0.3, 0.4) is 0 Å². The van der Waals surface area contributed by atoms with Gasteiger partial charge in [-0.25, -0.2) is 0 Å². The molecule has 0 fully saturated rings. The lowest BCUT2D eigenvalue weighted by Gasteiger charge is -2.20. The van der Waals surface area contributed by atoms with Crippen LogP contribution in [0.15, 0.2) is 30.4 Å². The Morgan fingerprint density at radius 2 is 1.93 bits per heavy atom. The van der Waals surface area contributed by atoms with Gasteiger partial charge in [-0.1, -0.05) is 45.1 Å². The highest BCUT2D eigenvalue weighted by molar-refractivity contribution is 5.40. The van der Waals surface area contributed by atoms with E-state index < -0.39 is 0 Å². The van der Waals surface area contributed by atoms with Crippen molar-refractivity contribution in [1.29, 1.82) is 0 Å². The van der Waals surface area contributed by atoms with Crippen LogP contribution in [0.5, 0.6) is 5.75 Å². The molecule has 1 heteroatoms. The highest BCUT2D eigenvalue weighted by Crippen LogP contribution is 2.28. The van der Waals surface area contributed by atoms with Crippen molar-refractivity contribution < 1.29 is 5.11 Å². The van der Waals surface area contributed by atoms with Gasteiger partial charge in [-0.05, 0) is 36.0 Å². The number of rotatable bonds is 2. The first kappa shape index (κ1) is 11.8. The minimum atomic E-state index is 0.123. The van der Waals surface area contributed by atoms with Crippen molar-refractivity contribution in [2.45, 2.75) is 39.5 Å². The average molecular weight is 204 g/mol. The van der Waals surface area contributed by atoms with Crippen molar-refractivity contribution >= 4 is 0 Å². The maximum absolute atomic E-state index is 9.71. The Morgan fingerprint density at radius 1 is 1.33 bits per heavy atom. The van der Waals surface area contributed by atoms with Crippen LogP contribution < -0.4 is 0 Å². The minimum Gasteiger partial charge on any atom is -0.508 e. The maximum atomic E-state index is 9.71. The second kappa shape index (κ2) is 4.09. The second-order valence-corrected chi connectivity index (χ2v) is 5.23. The van der Waals surface area contributed by atoms with E-state index in [9.17, 15) is 5.11 Å². The van der Waals surface area contributed by atoms with Gasteiger partial charge in [-0.3, -0.25) is 0 Å². The molecule has 0 aliphatic carbocycles. The molecule has 0 bridgehead atoms. The predicted molar refractivity (Wildman–Crippen MR) is 65.3 cm³/mol. The fourth-order valence-corrected chi connectivity index (χ4v) is 1.52. The highest BCUT2D eigenvalue weighted by atomic mass is 16.3. The fraction of sp³-hybridized carbons (Fsp3) is 0.429. The summed E-state index contributed by atoms with van der Waals surface area (Å²) in [7, 11) is 0. The largest absolute Gasteiger partial charge is 0.508 e. The maximum Gasteiger partial charge on any atom is 0.119 e. The summed E-state index contributed by atoms with van der Waals surface area (Å²) in [5.74, 6) is 0.367. The zero-order valence-corrected chi connectivity index (χ0v) is 10.1. The van der Waals surface area contributed by atoms with E-state index in [0.29, 0.717) is 5.75 Å². The topological polar surface area (TPSA) is 20.2 Å². The second-order valence-electron chi connectivity index (χ2n) is 5.23. The molecule has 0 heterocycles. The van der Waals surface area contributed by atoms with Crippen LogP contribution in [0.2, 0.25) is 0 Å². The Balaban J connectivity index is 3.11. The van der Waals surface area contributed by atoms with Gasteiger partial charge in [0.2, 0.25) is 0 Å². The molecule has 0 amide bonds. The Hall–Kier alpha value is -1.24. The number of phenols is 1. The molecule has 15 heavy (non-hydrogen) atoms. The lowest BCUT2D eigenvalue weighted by molar-refractivity contribution is 0.468. The van der Waals surface area contributed by atoms with Gasteiger partial charge < -0.3 is 5.11 Å². The normalized spacial score (nSPS) is 11.5. The third kappa shape index (κ3) is 3.12. The molecule has 0 aliphatic heterocycles. The minimum absolute atomic E-state index is 0.123. The number of benzene rings is 1.